The molecule has 0 aliphatic carbocycles. The molecule has 0 radical (unpaired) electrons. The van der Waals surface area contributed by atoms with Crippen LogP contribution >= 0.6 is 0 Å². The fourth-order valence-corrected chi connectivity index (χ4v) is 4.65. The highest BCUT2D eigenvalue weighted by Gasteiger charge is 2.27. The largest absolute Gasteiger partial charge is 0.314 e. The maximum Gasteiger partial charge on any atom is 0.269 e. The third-order valence-electron chi connectivity index (χ3n) is 6.31. The molecular formula is C30H19N3O3. The normalized spacial score (nSPS) is 11.1. The van der Waals surface area contributed by atoms with Gasteiger partial charge in [-0.15, -0.1) is 0 Å². The summed E-state index contributed by atoms with van der Waals surface area (Å²) in [4.78, 5) is 29.6. The molecule has 0 bridgehead atoms. The van der Waals surface area contributed by atoms with Gasteiger partial charge in [-0.1, -0.05) is 60.7 Å². The first-order valence-electron chi connectivity index (χ1n) is 11.5. The van der Waals surface area contributed by atoms with Crippen molar-refractivity contribution < 1.29 is 9.72 Å². The zero-order valence-corrected chi connectivity index (χ0v) is 19.0. The Bertz CT molecular complexity index is 1770. The van der Waals surface area contributed by atoms with Gasteiger partial charge in [-0.3, -0.25) is 14.9 Å². The van der Waals surface area contributed by atoms with Crippen LogP contribution in [0.15, 0.2) is 115 Å². The van der Waals surface area contributed by atoms with Gasteiger partial charge in [-0.25, -0.2) is 4.98 Å². The lowest BCUT2D eigenvalue weighted by atomic mass is 9.93. The van der Waals surface area contributed by atoms with Crippen LogP contribution in [0.4, 0.5) is 5.69 Å². The highest BCUT2D eigenvalue weighted by Crippen LogP contribution is 2.40. The van der Waals surface area contributed by atoms with Gasteiger partial charge in [0.1, 0.15) is 0 Å². The average molecular weight is 470 g/mol. The van der Waals surface area contributed by atoms with Crippen molar-refractivity contribution in [2.45, 2.75) is 0 Å². The molecule has 172 valence electrons. The molecule has 6 heteroatoms. The molecule has 6 nitrogen and oxygen atoms in total. The van der Waals surface area contributed by atoms with Crippen molar-refractivity contribution in [2.75, 3.05) is 0 Å². The first-order valence-corrected chi connectivity index (χ1v) is 11.5. The van der Waals surface area contributed by atoms with Crippen molar-refractivity contribution in [2.24, 2.45) is 0 Å². The number of nitro benzene ring substituents is 1. The number of hydrogen-bond donors (Lipinski definition) is 0. The second-order valence-electron chi connectivity index (χ2n) is 8.44. The van der Waals surface area contributed by atoms with Crippen LogP contribution in [0.25, 0.3) is 38.9 Å². The Hall–Kier alpha value is -5.10. The molecule has 6 aromatic rings. The van der Waals surface area contributed by atoms with E-state index in [-0.39, 0.29) is 11.5 Å². The smallest absolute Gasteiger partial charge is 0.269 e. The lowest BCUT2D eigenvalue weighted by Crippen LogP contribution is -2.03. The van der Waals surface area contributed by atoms with Gasteiger partial charge in [-0.05, 0) is 42.0 Å². The van der Waals surface area contributed by atoms with Gasteiger partial charge in [0.2, 0.25) is 0 Å². The minimum atomic E-state index is -0.471. The highest BCUT2D eigenvalue weighted by atomic mass is 16.6. The molecule has 3 heterocycles. The van der Waals surface area contributed by atoms with Gasteiger partial charge in [0, 0.05) is 34.8 Å². The zero-order chi connectivity index (χ0) is 24.6. The Morgan fingerprint density at radius 3 is 2.28 bits per heavy atom. The number of ketones is 1. The number of nitro groups is 1. The van der Waals surface area contributed by atoms with E-state index in [1.165, 1.54) is 24.3 Å². The van der Waals surface area contributed by atoms with Gasteiger partial charge >= 0.3 is 0 Å². The van der Waals surface area contributed by atoms with Gasteiger partial charge < -0.3 is 4.40 Å². The standard InChI is InChI=1S/C30H19N3O3/c34-30(22-13-16-23(17-14-22)33(35)36)28-26-12-6-7-19-32(26)29(27(28)21-9-2-1-3-10-21)25-18-15-20-8-4-5-11-24(20)31-25/h1-19H. The number of fused-ring (bicyclic) bond motifs is 2. The quantitative estimate of drug-likeness (QED) is 0.155. The Morgan fingerprint density at radius 1 is 0.778 bits per heavy atom. The molecule has 0 aliphatic heterocycles. The molecule has 0 saturated heterocycles. The van der Waals surface area contributed by atoms with E-state index in [1.807, 2.05) is 95.5 Å². The van der Waals surface area contributed by atoms with Crippen LogP contribution in [0, 0.1) is 10.1 Å². The summed E-state index contributed by atoms with van der Waals surface area (Å²) in [5.74, 6) is -0.209. The summed E-state index contributed by atoms with van der Waals surface area (Å²) < 4.78 is 2.00. The molecule has 6 rings (SSSR count). The number of carbonyl (C=O) groups is 1. The number of rotatable bonds is 5. The summed E-state index contributed by atoms with van der Waals surface area (Å²) in [6.07, 6.45) is 1.93. The second kappa shape index (κ2) is 8.60. The van der Waals surface area contributed by atoms with Gasteiger partial charge in [0.15, 0.2) is 5.78 Å². The maximum absolute atomic E-state index is 14.0. The van der Waals surface area contributed by atoms with Crippen LogP contribution in [0.1, 0.15) is 15.9 Å². The summed E-state index contributed by atoms with van der Waals surface area (Å²) in [6, 6.07) is 33.2. The van der Waals surface area contributed by atoms with Crippen LogP contribution in [-0.4, -0.2) is 20.1 Å². The van der Waals surface area contributed by atoms with Crippen LogP contribution in [-0.2, 0) is 0 Å². The lowest BCUT2D eigenvalue weighted by Gasteiger charge is -2.09. The molecule has 0 aliphatic rings. The minimum absolute atomic E-state index is 0.0578. The van der Waals surface area contributed by atoms with Crippen LogP contribution in [0.2, 0.25) is 0 Å². The Labute approximate surface area is 206 Å². The van der Waals surface area contributed by atoms with Crippen molar-refractivity contribution in [1.29, 1.82) is 0 Å². The summed E-state index contributed by atoms with van der Waals surface area (Å²) in [5.41, 5.74) is 5.67. The van der Waals surface area contributed by atoms with E-state index >= 15 is 0 Å². The van der Waals surface area contributed by atoms with Crippen molar-refractivity contribution in [1.82, 2.24) is 9.38 Å². The third-order valence-corrected chi connectivity index (χ3v) is 6.31. The van der Waals surface area contributed by atoms with E-state index in [4.69, 9.17) is 4.98 Å². The average Bonchev–Trinajstić information content (AvgIpc) is 3.28. The molecule has 0 spiro atoms. The number of pyridine rings is 2. The Kier molecular flexibility index (Phi) is 5.12. The van der Waals surface area contributed by atoms with E-state index in [0.717, 1.165) is 38.9 Å². The molecular weight excluding hydrogens is 450 g/mol. The molecule has 0 saturated carbocycles. The van der Waals surface area contributed by atoms with Crippen molar-refractivity contribution in [3.63, 3.8) is 0 Å². The van der Waals surface area contributed by atoms with E-state index in [0.29, 0.717) is 11.1 Å². The number of nitrogens with zero attached hydrogens (tertiary/aromatic N) is 3. The first-order chi connectivity index (χ1) is 17.6. The third kappa shape index (κ3) is 3.52. The number of benzene rings is 3. The molecule has 3 aromatic heterocycles. The predicted octanol–water partition coefficient (Wildman–Crippen LogP) is 6.96. The molecule has 0 N–H and O–H groups in total. The molecule has 3 aromatic carbocycles. The SMILES string of the molecule is O=C(c1ccc([N+](=O)[O-])cc1)c1c(-c2ccccc2)c(-c2ccc3ccccc3n2)n2ccccc12. The molecule has 0 atom stereocenters. The van der Waals surface area contributed by atoms with Gasteiger partial charge in [0.25, 0.3) is 5.69 Å². The van der Waals surface area contributed by atoms with E-state index in [2.05, 4.69) is 0 Å². The summed E-state index contributed by atoms with van der Waals surface area (Å²) in [7, 11) is 0. The second-order valence-corrected chi connectivity index (χ2v) is 8.44. The van der Waals surface area contributed by atoms with Crippen molar-refractivity contribution in [3.8, 4) is 22.5 Å². The van der Waals surface area contributed by atoms with E-state index in [1.54, 1.807) is 0 Å². The number of para-hydroxylation sites is 1. The lowest BCUT2D eigenvalue weighted by molar-refractivity contribution is -0.384. The molecule has 0 unspecified atom stereocenters. The summed E-state index contributed by atoms with van der Waals surface area (Å²) in [6.45, 7) is 0. The zero-order valence-electron chi connectivity index (χ0n) is 19.0. The number of carbonyl (C=O) groups excluding carboxylic acids is 1. The van der Waals surface area contributed by atoms with Crippen molar-refractivity contribution in [3.05, 3.63) is 137 Å². The highest BCUT2D eigenvalue weighted by molar-refractivity contribution is 6.19. The summed E-state index contributed by atoms with van der Waals surface area (Å²) in [5, 5.41) is 12.2. The number of aromatic nitrogens is 2. The van der Waals surface area contributed by atoms with Crippen LogP contribution in [0.3, 0.4) is 0 Å². The monoisotopic (exact) mass is 469 g/mol. The van der Waals surface area contributed by atoms with Crippen LogP contribution in [0.5, 0.6) is 0 Å². The van der Waals surface area contributed by atoms with Crippen LogP contribution < -0.4 is 0 Å². The topological polar surface area (TPSA) is 77.5 Å². The molecule has 36 heavy (non-hydrogen) atoms. The molecule has 0 amide bonds. The van der Waals surface area contributed by atoms with Gasteiger partial charge in [0.05, 0.1) is 32.9 Å². The predicted molar refractivity (Wildman–Crippen MR) is 140 cm³/mol. The fraction of sp³-hybridized carbons (Fsp3) is 0. The number of non-ortho nitro benzene ring substituents is 1. The molecule has 0 fully saturated rings. The first kappa shape index (κ1) is 21.4. The maximum atomic E-state index is 14.0. The van der Waals surface area contributed by atoms with E-state index < -0.39 is 4.92 Å². The Morgan fingerprint density at radius 2 is 1.50 bits per heavy atom. The Balaban J connectivity index is 1.66. The fourth-order valence-electron chi connectivity index (χ4n) is 4.65. The minimum Gasteiger partial charge on any atom is -0.314 e. The van der Waals surface area contributed by atoms with E-state index in [9.17, 15) is 14.9 Å². The van der Waals surface area contributed by atoms with Gasteiger partial charge in [-0.2, -0.15) is 0 Å². The number of hydrogen-bond acceptors (Lipinski definition) is 4. The summed E-state index contributed by atoms with van der Waals surface area (Å²) >= 11 is 0. The van der Waals surface area contributed by atoms with Crippen molar-refractivity contribution >= 4 is 27.9 Å².